The molecule has 2 unspecified atom stereocenters. The number of likely N-dealkylation sites (tertiary alicyclic amines) is 1. The third-order valence-corrected chi connectivity index (χ3v) is 9.48. The van der Waals surface area contributed by atoms with Crippen molar-refractivity contribution >= 4 is 40.5 Å². The van der Waals surface area contributed by atoms with Crippen LogP contribution in [0.15, 0.2) is 24.3 Å². The number of aliphatic hydroxyl groups excluding tert-OH is 1. The first-order valence-corrected chi connectivity index (χ1v) is 13.3. The summed E-state index contributed by atoms with van der Waals surface area (Å²) in [4.78, 5) is 42.2. The Morgan fingerprint density at radius 1 is 1.23 bits per heavy atom. The minimum absolute atomic E-state index is 0.0334. The Hall–Kier alpha value is -2.66. The molecule has 1 spiro atoms. The number of fused-ring (bicyclic) bond motifs is 2. The van der Waals surface area contributed by atoms with Crippen molar-refractivity contribution in [1.29, 1.82) is 0 Å². The van der Waals surface area contributed by atoms with E-state index in [9.17, 15) is 19.5 Å². The molecular formula is C24H32N6O4S. The normalized spacial score (nSPS) is 29.1. The molecule has 2 aromatic rings. The zero-order valence-electron chi connectivity index (χ0n) is 19.9. The van der Waals surface area contributed by atoms with Gasteiger partial charge in [-0.1, -0.05) is 24.3 Å². The van der Waals surface area contributed by atoms with Crippen LogP contribution in [-0.4, -0.2) is 78.5 Å². The largest absolute Gasteiger partial charge is 0.396 e. The maximum atomic E-state index is 13.7. The van der Waals surface area contributed by atoms with E-state index in [0.29, 0.717) is 25.9 Å². The first kappa shape index (κ1) is 24.1. The molecule has 3 fully saturated rings. The van der Waals surface area contributed by atoms with Crippen molar-refractivity contribution in [3.05, 3.63) is 24.3 Å². The number of unbranched alkanes of at least 4 members (excludes halogenated alkanes) is 1. The average Bonchev–Trinajstić information content (AvgIpc) is 3.61. The van der Waals surface area contributed by atoms with Crippen molar-refractivity contribution in [3.63, 3.8) is 0 Å². The number of aromatic nitrogens is 3. The van der Waals surface area contributed by atoms with Gasteiger partial charge in [-0.3, -0.25) is 14.4 Å². The number of aliphatic hydroxyl groups is 1. The maximum Gasteiger partial charge on any atom is 0.245 e. The predicted molar refractivity (Wildman–Crippen MR) is 131 cm³/mol. The van der Waals surface area contributed by atoms with Crippen molar-refractivity contribution < 1.29 is 19.5 Å². The molecule has 3 aliphatic heterocycles. The number of para-hydroxylation sites is 1. The first-order chi connectivity index (χ1) is 17.0. The summed E-state index contributed by atoms with van der Waals surface area (Å²) in [5, 5.41) is 23.6. The molecule has 188 valence electrons. The van der Waals surface area contributed by atoms with Crippen LogP contribution in [0.2, 0.25) is 0 Å². The molecule has 0 saturated carbocycles. The van der Waals surface area contributed by atoms with E-state index in [-0.39, 0.29) is 36.2 Å². The molecule has 11 heteroatoms. The molecule has 4 heterocycles. The van der Waals surface area contributed by atoms with E-state index in [1.165, 1.54) is 0 Å². The van der Waals surface area contributed by atoms with Crippen LogP contribution in [0.5, 0.6) is 0 Å². The minimum Gasteiger partial charge on any atom is -0.396 e. The van der Waals surface area contributed by atoms with E-state index >= 15 is 0 Å². The van der Waals surface area contributed by atoms with Crippen LogP contribution in [0.1, 0.15) is 39.0 Å². The Morgan fingerprint density at radius 2 is 2.06 bits per heavy atom. The van der Waals surface area contributed by atoms with Gasteiger partial charge >= 0.3 is 0 Å². The van der Waals surface area contributed by atoms with Gasteiger partial charge in [0, 0.05) is 24.9 Å². The second-order valence-electron chi connectivity index (χ2n) is 9.59. The summed E-state index contributed by atoms with van der Waals surface area (Å²) >= 11 is 1.66. The van der Waals surface area contributed by atoms with E-state index in [2.05, 4.69) is 20.9 Å². The third kappa shape index (κ3) is 3.98. The molecule has 0 radical (unpaired) electrons. The Labute approximate surface area is 208 Å². The molecule has 3 saturated heterocycles. The Balaban J connectivity index is 1.40. The third-order valence-electron chi connectivity index (χ3n) is 7.53. The molecule has 35 heavy (non-hydrogen) atoms. The van der Waals surface area contributed by atoms with Gasteiger partial charge in [0.05, 0.1) is 22.1 Å². The van der Waals surface area contributed by atoms with Crippen molar-refractivity contribution in [1.82, 2.24) is 30.5 Å². The zero-order valence-corrected chi connectivity index (χ0v) is 20.7. The SMILES string of the molecule is CCCNC(=O)[C@@H]1[C@@H]2CCC3(S2)C(C(=O)NCn2nnc4ccccc42)N(CCCCO)C(=O)[C@H]13. The molecular weight excluding hydrogens is 468 g/mol. The number of nitrogens with one attached hydrogen (secondary N) is 2. The van der Waals surface area contributed by atoms with Gasteiger partial charge in [0.2, 0.25) is 17.7 Å². The molecule has 3 aliphatic rings. The van der Waals surface area contributed by atoms with Gasteiger partial charge < -0.3 is 20.6 Å². The molecule has 1 aromatic heterocycles. The Bertz CT molecular complexity index is 1120. The minimum atomic E-state index is -0.660. The molecule has 3 N–H and O–H groups in total. The number of benzene rings is 1. The number of hydrogen-bond donors (Lipinski definition) is 3. The van der Waals surface area contributed by atoms with Crippen LogP contribution in [0.3, 0.4) is 0 Å². The lowest BCUT2D eigenvalue weighted by molar-refractivity contribution is -0.140. The number of hydrogen-bond acceptors (Lipinski definition) is 7. The number of carbonyl (C=O) groups is 3. The Kier molecular flexibility index (Phi) is 6.71. The van der Waals surface area contributed by atoms with Crippen LogP contribution < -0.4 is 10.6 Å². The number of thioether (sulfide) groups is 1. The number of amides is 3. The van der Waals surface area contributed by atoms with E-state index in [4.69, 9.17) is 0 Å². The summed E-state index contributed by atoms with van der Waals surface area (Å²) in [7, 11) is 0. The summed E-state index contributed by atoms with van der Waals surface area (Å²) in [5.41, 5.74) is 1.56. The lowest BCUT2D eigenvalue weighted by Crippen LogP contribution is -2.54. The second kappa shape index (κ2) is 9.77. The number of carbonyl (C=O) groups excluding carboxylic acids is 3. The number of rotatable bonds is 10. The van der Waals surface area contributed by atoms with Gasteiger partial charge in [0.15, 0.2) is 0 Å². The quantitative estimate of drug-likeness (QED) is 0.413. The maximum absolute atomic E-state index is 13.7. The summed E-state index contributed by atoms with van der Waals surface area (Å²) in [6, 6.07) is 6.87. The van der Waals surface area contributed by atoms with E-state index in [1.54, 1.807) is 21.3 Å². The summed E-state index contributed by atoms with van der Waals surface area (Å²) in [6.45, 7) is 3.14. The highest BCUT2D eigenvalue weighted by molar-refractivity contribution is 8.02. The number of nitrogens with zero attached hydrogens (tertiary/aromatic N) is 4. The Morgan fingerprint density at radius 3 is 2.86 bits per heavy atom. The van der Waals surface area contributed by atoms with Crippen LogP contribution >= 0.6 is 11.8 Å². The van der Waals surface area contributed by atoms with E-state index < -0.39 is 22.6 Å². The van der Waals surface area contributed by atoms with Crippen LogP contribution in [-0.2, 0) is 21.1 Å². The second-order valence-corrected chi connectivity index (χ2v) is 11.2. The molecule has 5 atom stereocenters. The first-order valence-electron chi connectivity index (χ1n) is 12.4. The summed E-state index contributed by atoms with van der Waals surface area (Å²) < 4.78 is 1.03. The topological polar surface area (TPSA) is 129 Å². The average molecular weight is 501 g/mol. The van der Waals surface area contributed by atoms with Crippen LogP contribution in [0.25, 0.3) is 11.0 Å². The zero-order chi connectivity index (χ0) is 24.6. The molecule has 5 rings (SSSR count). The van der Waals surface area contributed by atoms with Gasteiger partial charge in [0.1, 0.15) is 18.2 Å². The van der Waals surface area contributed by atoms with Crippen molar-refractivity contribution in [2.75, 3.05) is 19.7 Å². The molecule has 1 aromatic carbocycles. The van der Waals surface area contributed by atoms with Crippen LogP contribution in [0, 0.1) is 11.8 Å². The summed E-state index contributed by atoms with van der Waals surface area (Å²) in [6.07, 6.45) is 3.54. The summed E-state index contributed by atoms with van der Waals surface area (Å²) in [5.74, 6) is -1.33. The van der Waals surface area contributed by atoms with Crippen molar-refractivity contribution in [2.45, 2.75) is 61.7 Å². The van der Waals surface area contributed by atoms with Gasteiger partial charge in [-0.25, -0.2) is 4.68 Å². The monoisotopic (exact) mass is 500 g/mol. The molecule has 2 bridgehead atoms. The lowest BCUT2D eigenvalue weighted by atomic mass is 9.70. The standard InChI is InChI=1S/C24H32N6O4S/c1-2-11-25-21(32)18-17-9-10-24(35-17)19(18)23(34)29(12-5-6-13-31)20(24)22(33)26-14-30-16-8-4-3-7-15(16)27-28-30/h3-4,7-8,17-20,31H,2,5-6,9-14H2,1H3,(H,25,32)(H,26,33)/t17-,18+,19-,20?,24?/m0/s1. The fraction of sp³-hybridized carbons (Fsp3) is 0.625. The molecule has 0 aliphatic carbocycles. The molecule has 3 amide bonds. The van der Waals surface area contributed by atoms with Crippen molar-refractivity contribution in [3.8, 4) is 0 Å². The van der Waals surface area contributed by atoms with Gasteiger partial charge in [-0.15, -0.1) is 16.9 Å². The fourth-order valence-corrected chi connectivity index (χ4v) is 8.26. The predicted octanol–water partition coefficient (Wildman–Crippen LogP) is 0.895. The molecule has 10 nitrogen and oxygen atoms in total. The smallest absolute Gasteiger partial charge is 0.245 e. The fourth-order valence-electron chi connectivity index (χ4n) is 6.04. The lowest BCUT2D eigenvalue weighted by Gasteiger charge is -2.34. The van der Waals surface area contributed by atoms with Crippen LogP contribution in [0.4, 0.5) is 0 Å². The highest BCUT2D eigenvalue weighted by Crippen LogP contribution is 2.66. The highest BCUT2D eigenvalue weighted by atomic mass is 32.2. The van der Waals surface area contributed by atoms with Gasteiger partial charge in [-0.05, 0) is 44.2 Å². The highest BCUT2D eigenvalue weighted by Gasteiger charge is 2.73. The van der Waals surface area contributed by atoms with E-state index in [1.807, 2.05) is 31.2 Å². The van der Waals surface area contributed by atoms with Gasteiger partial charge in [-0.2, -0.15) is 0 Å². The van der Waals surface area contributed by atoms with Gasteiger partial charge in [0.25, 0.3) is 0 Å². The van der Waals surface area contributed by atoms with E-state index in [0.717, 1.165) is 30.3 Å². The van der Waals surface area contributed by atoms with Crippen molar-refractivity contribution in [2.24, 2.45) is 11.8 Å².